The van der Waals surface area contributed by atoms with Gasteiger partial charge in [0.1, 0.15) is 5.75 Å². The van der Waals surface area contributed by atoms with Gasteiger partial charge < -0.3 is 19.1 Å². The number of rotatable bonds is 7. The van der Waals surface area contributed by atoms with Crippen LogP contribution in [0.15, 0.2) is 34.9 Å². The first-order valence-corrected chi connectivity index (χ1v) is 12.7. The summed E-state index contributed by atoms with van der Waals surface area (Å²) >= 11 is 6.13. The Morgan fingerprint density at radius 3 is 2.59 bits per heavy atom. The number of carbonyl (C=O) groups excluding carboxylic acids is 2. The molecule has 1 atom stereocenters. The average Bonchev–Trinajstić information content (AvgIpc) is 3.34. The van der Waals surface area contributed by atoms with Crippen molar-refractivity contribution in [2.75, 3.05) is 32.8 Å². The van der Waals surface area contributed by atoms with Crippen LogP contribution in [0.1, 0.15) is 74.5 Å². The lowest BCUT2D eigenvalue weighted by atomic mass is 9.77. The molecule has 3 heterocycles. The fourth-order valence-electron chi connectivity index (χ4n) is 4.88. The Hall–Kier alpha value is -2.54. The first kappa shape index (κ1) is 24.6. The van der Waals surface area contributed by atoms with Gasteiger partial charge >= 0.3 is 0 Å². The predicted molar refractivity (Wildman–Crippen MR) is 130 cm³/mol. The fourth-order valence-corrected chi connectivity index (χ4v) is 5.06. The molecule has 2 aliphatic heterocycles. The van der Waals surface area contributed by atoms with E-state index < -0.39 is 5.41 Å². The Morgan fingerprint density at radius 1 is 1.12 bits per heavy atom. The van der Waals surface area contributed by atoms with Crippen molar-refractivity contribution in [3.8, 4) is 5.75 Å². The van der Waals surface area contributed by atoms with Gasteiger partial charge in [0.25, 0.3) is 5.91 Å². The molecule has 2 aromatic rings. The highest BCUT2D eigenvalue weighted by atomic mass is 35.5. The number of ether oxygens (including phenoxy) is 1. The van der Waals surface area contributed by atoms with Crippen LogP contribution in [0.4, 0.5) is 0 Å². The number of halogens is 1. The number of benzene rings is 1. The van der Waals surface area contributed by atoms with E-state index >= 15 is 0 Å². The molecule has 8 heteroatoms. The van der Waals surface area contributed by atoms with Gasteiger partial charge in [0.2, 0.25) is 11.7 Å². The minimum atomic E-state index is -0.480. The summed E-state index contributed by atoms with van der Waals surface area (Å²) in [5, 5.41) is 4.64. The zero-order valence-electron chi connectivity index (χ0n) is 20.1. The van der Waals surface area contributed by atoms with Crippen LogP contribution < -0.4 is 4.74 Å². The smallest absolute Gasteiger partial charge is 0.292 e. The van der Waals surface area contributed by atoms with E-state index in [0.29, 0.717) is 36.9 Å². The zero-order chi connectivity index (χ0) is 24.1. The lowest BCUT2D eigenvalue weighted by Gasteiger charge is -2.43. The SMILES string of the molecule is CC(C)c1cc(C(=O)N2CCC[C@@](COc3cccc(Cl)c3)(CC(=O)N3CCCCC3)C2)on1. The van der Waals surface area contributed by atoms with E-state index in [0.717, 1.165) is 44.5 Å². The van der Waals surface area contributed by atoms with Crippen molar-refractivity contribution >= 4 is 23.4 Å². The molecule has 0 unspecified atom stereocenters. The molecular formula is C26H34ClN3O4. The molecule has 0 aliphatic carbocycles. The number of hydrogen-bond donors (Lipinski definition) is 0. The molecule has 0 radical (unpaired) electrons. The average molecular weight is 488 g/mol. The predicted octanol–water partition coefficient (Wildman–Crippen LogP) is 5.16. The summed E-state index contributed by atoms with van der Waals surface area (Å²) in [6.45, 7) is 7.03. The molecule has 1 aromatic carbocycles. The van der Waals surface area contributed by atoms with Gasteiger partial charge in [-0.3, -0.25) is 9.59 Å². The van der Waals surface area contributed by atoms with Crippen LogP contribution in [0.5, 0.6) is 5.75 Å². The molecule has 2 saturated heterocycles. The lowest BCUT2D eigenvalue weighted by molar-refractivity contribution is -0.136. The number of likely N-dealkylation sites (tertiary alicyclic amines) is 2. The third kappa shape index (κ3) is 5.93. The van der Waals surface area contributed by atoms with Gasteiger partial charge in [0.15, 0.2) is 0 Å². The third-order valence-electron chi connectivity index (χ3n) is 6.86. The van der Waals surface area contributed by atoms with Crippen molar-refractivity contribution in [1.82, 2.24) is 15.0 Å². The zero-order valence-corrected chi connectivity index (χ0v) is 20.9. The second kappa shape index (κ2) is 10.8. The van der Waals surface area contributed by atoms with Gasteiger partial charge in [-0.15, -0.1) is 0 Å². The van der Waals surface area contributed by atoms with E-state index in [2.05, 4.69) is 5.16 Å². The quantitative estimate of drug-likeness (QED) is 0.539. The normalized spacial score (nSPS) is 21.1. The highest BCUT2D eigenvalue weighted by molar-refractivity contribution is 6.30. The summed E-state index contributed by atoms with van der Waals surface area (Å²) in [6, 6.07) is 9.00. The molecule has 184 valence electrons. The van der Waals surface area contributed by atoms with Crippen LogP contribution in [-0.4, -0.2) is 59.6 Å². The van der Waals surface area contributed by atoms with Crippen LogP contribution in [-0.2, 0) is 4.79 Å². The molecule has 1 aromatic heterocycles. The van der Waals surface area contributed by atoms with Gasteiger partial charge in [-0.2, -0.15) is 0 Å². The molecule has 0 saturated carbocycles. The molecule has 7 nitrogen and oxygen atoms in total. The van der Waals surface area contributed by atoms with Crippen molar-refractivity contribution in [2.45, 2.75) is 58.3 Å². The van der Waals surface area contributed by atoms with E-state index in [1.54, 1.807) is 23.1 Å². The van der Waals surface area contributed by atoms with E-state index in [1.165, 1.54) is 6.42 Å². The largest absolute Gasteiger partial charge is 0.493 e. The Bertz CT molecular complexity index is 1000. The van der Waals surface area contributed by atoms with Crippen LogP contribution in [0.3, 0.4) is 0 Å². The summed E-state index contributed by atoms with van der Waals surface area (Å²) in [4.78, 5) is 30.3. The summed E-state index contributed by atoms with van der Waals surface area (Å²) < 4.78 is 11.5. The maximum atomic E-state index is 13.3. The number of aromatic nitrogens is 1. The van der Waals surface area contributed by atoms with Gasteiger partial charge in [0, 0.05) is 49.1 Å². The van der Waals surface area contributed by atoms with Gasteiger partial charge in [0.05, 0.1) is 12.3 Å². The third-order valence-corrected chi connectivity index (χ3v) is 7.09. The highest BCUT2D eigenvalue weighted by Crippen LogP contribution is 2.36. The summed E-state index contributed by atoms with van der Waals surface area (Å²) in [5.41, 5.74) is 0.280. The van der Waals surface area contributed by atoms with E-state index in [1.807, 2.05) is 30.9 Å². The number of amides is 2. The van der Waals surface area contributed by atoms with E-state index in [-0.39, 0.29) is 23.5 Å². The van der Waals surface area contributed by atoms with Crippen LogP contribution in [0.25, 0.3) is 0 Å². The molecule has 2 fully saturated rings. The molecule has 0 spiro atoms. The Morgan fingerprint density at radius 2 is 1.88 bits per heavy atom. The van der Waals surface area contributed by atoms with Gasteiger partial charge in [-0.05, 0) is 56.2 Å². The van der Waals surface area contributed by atoms with Crippen molar-refractivity contribution in [3.05, 3.63) is 46.8 Å². The number of nitrogens with zero attached hydrogens (tertiary/aromatic N) is 3. The summed E-state index contributed by atoms with van der Waals surface area (Å²) in [7, 11) is 0. The molecule has 2 amide bonds. The maximum Gasteiger partial charge on any atom is 0.292 e. The minimum absolute atomic E-state index is 0.144. The molecule has 0 N–H and O–H groups in total. The fraction of sp³-hybridized carbons (Fsp3) is 0.577. The first-order valence-electron chi connectivity index (χ1n) is 12.3. The highest BCUT2D eigenvalue weighted by Gasteiger charge is 2.41. The second-order valence-electron chi connectivity index (χ2n) is 9.97. The number of carbonyl (C=O) groups is 2. The molecule has 4 rings (SSSR count). The van der Waals surface area contributed by atoms with Crippen molar-refractivity contribution in [2.24, 2.45) is 5.41 Å². The van der Waals surface area contributed by atoms with Crippen molar-refractivity contribution in [1.29, 1.82) is 0 Å². The van der Waals surface area contributed by atoms with Gasteiger partial charge in [-0.25, -0.2) is 0 Å². The Kier molecular flexibility index (Phi) is 7.81. The van der Waals surface area contributed by atoms with Crippen molar-refractivity contribution in [3.63, 3.8) is 0 Å². The van der Waals surface area contributed by atoms with Crippen LogP contribution >= 0.6 is 11.6 Å². The lowest BCUT2D eigenvalue weighted by Crippen LogP contribution is -2.51. The molecule has 0 bridgehead atoms. The second-order valence-corrected chi connectivity index (χ2v) is 10.4. The minimum Gasteiger partial charge on any atom is -0.493 e. The van der Waals surface area contributed by atoms with E-state index in [4.69, 9.17) is 20.9 Å². The topological polar surface area (TPSA) is 75.9 Å². The van der Waals surface area contributed by atoms with Gasteiger partial charge in [-0.1, -0.05) is 36.7 Å². The summed E-state index contributed by atoms with van der Waals surface area (Å²) in [5.74, 6) is 1.05. The number of piperidine rings is 2. The molecular weight excluding hydrogens is 454 g/mol. The standard InChI is InChI=1S/C26H34ClN3O4/c1-19(2)22-15-23(34-28-22)25(32)30-13-7-10-26(17-30,16-24(31)29-11-4-3-5-12-29)18-33-21-9-6-8-20(27)14-21/h6,8-9,14-15,19H,3-5,7,10-13,16-18H2,1-2H3/t26-/m1/s1. The molecule has 34 heavy (non-hydrogen) atoms. The Balaban J connectivity index is 1.52. The van der Waals surface area contributed by atoms with Crippen molar-refractivity contribution < 1.29 is 18.8 Å². The molecule has 2 aliphatic rings. The van der Waals surface area contributed by atoms with E-state index in [9.17, 15) is 9.59 Å². The number of hydrogen-bond acceptors (Lipinski definition) is 5. The monoisotopic (exact) mass is 487 g/mol. The first-order chi connectivity index (χ1) is 16.3. The van der Waals surface area contributed by atoms with Crippen LogP contribution in [0.2, 0.25) is 5.02 Å². The van der Waals surface area contributed by atoms with Crippen LogP contribution in [0, 0.1) is 5.41 Å². The maximum absolute atomic E-state index is 13.3. The summed E-state index contributed by atoms with van der Waals surface area (Å²) in [6.07, 6.45) is 5.22. The Labute approximate surface area is 206 Å².